The van der Waals surface area contributed by atoms with E-state index in [2.05, 4.69) is 13.5 Å². The Morgan fingerprint density at radius 3 is 2.14 bits per heavy atom. The molecule has 6 nitrogen and oxygen atoms in total. The Labute approximate surface area is 81.5 Å². The number of aliphatic hydroxyl groups is 1. The highest BCUT2D eigenvalue weighted by molar-refractivity contribution is 6.08. The van der Waals surface area contributed by atoms with E-state index in [1.54, 1.807) is 0 Å². The molecule has 0 saturated carbocycles. The summed E-state index contributed by atoms with van der Waals surface area (Å²) in [6, 6.07) is 0. The molecule has 1 radical (unpaired) electrons. The van der Waals surface area contributed by atoms with Crippen LogP contribution >= 0.6 is 0 Å². The number of carbonyl (C=O) groups excluding carboxylic acids is 2. The molecule has 1 atom stereocenters. The summed E-state index contributed by atoms with van der Waals surface area (Å²) in [7, 11) is 0. The average Bonchev–Trinajstić information content (AvgIpc) is 2.03. The molecule has 14 heavy (non-hydrogen) atoms. The largest absolute Gasteiger partial charge is 0.389 e. The third-order valence-corrected chi connectivity index (χ3v) is 1.63. The molecule has 0 saturated heterocycles. The lowest BCUT2D eigenvalue weighted by Gasteiger charge is -2.29. The number of carbonyl (C=O) groups is 2. The molecule has 2 amide bonds. The Morgan fingerprint density at radius 2 is 1.93 bits per heavy atom. The van der Waals surface area contributed by atoms with Gasteiger partial charge in [0.25, 0.3) is 17.4 Å². The number of hydrogen-bond acceptors (Lipinski definition) is 4. The van der Waals surface area contributed by atoms with Gasteiger partial charge in [-0.2, -0.15) is 0 Å². The maximum absolute atomic E-state index is 11.0. The standard InChI is InChI=1S/C8H13N2O4/c1-3-4-14-8(5(2)11,6(9)12)7(10)13/h3,5,11H,1-2,4H2,(H2,9,12)(H2,10,13). The van der Waals surface area contributed by atoms with Crippen LogP contribution in [0.1, 0.15) is 0 Å². The van der Waals surface area contributed by atoms with Gasteiger partial charge in [0.2, 0.25) is 0 Å². The number of hydrogen-bond donors (Lipinski definition) is 3. The third-order valence-electron chi connectivity index (χ3n) is 1.63. The van der Waals surface area contributed by atoms with Crippen LogP contribution in [0.25, 0.3) is 0 Å². The molecule has 1 unspecified atom stereocenters. The Balaban J connectivity index is 5.05. The number of primary amides is 2. The molecule has 0 aromatic carbocycles. The van der Waals surface area contributed by atoms with Crippen LogP contribution in [0.4, 0.5) is 0 Å². The second-order valence-electron chi connectivity index (χ2n) is 2.58. The van der Waals surface area contributed by atoms with Crippen LogP contribution in [-0.2, 0) is 14.3 Å². The highest BCUT2D eigenvalue weighted by atomic mass is 16.5. The monoisotopic (exact) mass is 201 g/mol. The number of amides is 2. The van der Waals surface area contributed by atoms with Crippen LogP contribution in [0.15, 0.2) is 12.7 Å². The molecule has 6 heteroatoms. The molecule has 79 valence electrons. The minimum atomic E-state index is -2.30. The topological polar surface area (TPSA) is 116 Å². The zero-order valence-electron chi connectivity index (χ0n) is 7.60. The van der Waals surface area contributed by atoms with Crippen LogP contribution in [0.5, 0.6) is 0 Å². The zero-order valence-corrected chi connectivity index (χ0v) is 7.60. The fraction of sp³-hybridized carbons (Fsp3) is 0.375. The highest BCUT2D eigenvalue weighted by Gasteiger charge is 2.49. The first-order chi connectivity index (χ1) is 6.39. The van der Waals surface area contributed by atoms with Crippen molar-refractivity contribution in [1.82, 2.24) is 0 Å². The summed E-state index contributed by atoms with van der Waals surface area (Å²) in [5.41, 5.74) is 7.53. The van der Waals surface area contributed by atoms with Gasteiger partial charge in [-0.15, -0.1) is 6.58 Å². The van der Waals surface area contributed by atoms with Crippen molar-refractivity contribution in [2.75, 3.05) is 6.61 Å². The fourth-order valence-electron chi connectivity index (χ4n) is 0.879. The van der Waals surface area contributed by atoms with E-state index >= 15 is 0 Å². The molecule has 0 aliphatic heterocycles. The van der Waals surface area contributed by atoms with Crippen LogP contribution < -0.4 is 11.5 Å². The molecule has 0 fully saturated rings. The first kappa shape index (κ1) is 12.6. The maximum atomic E-state index is 11.0. The second kappa shape index (κ2) is 4.73. The normalized spacial score (nSPS) is 13.3. The number of ether oxygens (including phenoxy) is 1. The van der Waals surface area contributed by atoms with E-state index in [-0.39, 0.29) is 6.61 Å². The van der Waals surface area contributed by atoms with Crippen molar-refractivity contribution in [3.05, 3.63) is 19.6 Å². The van der Waals surface area contributed by atoms with Gasteiger partial charge in [0.15, 0.2) is 0 Å². The molecular formula is C8H13N2O4. The summed E-state index contributed by atoms with van der Waals surface area (Å²) in [6.45, 7) is 6.26. The van der Waals surface area contributed by atoms with Crippen molar-refractivity contribution < 1.29 is 19.4 Å². The van der Waals surface area contributed by atoms with E-state index in [0.717, 1.165) is 0 Å². The predicted octanol–water partition coefficient (Wildman–Crippen LogP) is -1.91. The molecule has 0 heterocycles. The van der Waals surface area contributed by atoms with E-state index in [4.69, 9.17) is 21.3 Å². The predicted molar refractivity (Wildman–Crippen MR) is 48.6 cm³/mol. The lowest BCUT2D eigenvalue weighted by Crippen LogP contribution is -2.62. The van der Waals surface area contributed by atoms with Crippen LogP contribution in [0.2, 0.25) is 0 Å². The van der Waals surface area contributed by atoms with Crippen molar-refractivity contribution in [3.63, 3.8) is 0 Å². The van der Waals surface area contributed by atoms with E-state index < -0.39 is 23.5 Å². The van der Waals surface area contributed by atoms with Gasteiger partial charge in [-0.05, 0) is 6.92 Å². The van der Waals surface area contributed by atoms with Crippen LogP contribution in [0.3, 0.4) is 0 Å². The van der Waals surface area contributed by atoms with Gasteiger partial charge in [0, 0.05) is 0 Å². The Kier molecular flexibility index (Phi) is 4.26. The molecule has 0 aliphatic rings. The van der Waals surface area contributed by atoms with Crippen molar-refractivity contribution in [3.8, 4) is 0 Å². The van der Waals surface area contributed by atoms with Crippen molar-refractivity contribution in [2.24, 2.45) is 11.5 Å². The van der Waals surface area contributed by atoms with Gasteiger partial charge in [0.05, 0.1) is 6.61 Å². The Bertz CT molecular complexity index is 236. The van der Waals surface area contributed by atoms with Gasteiger partial charge >= 0.3 is 0 Å². The van der Waals surface area contributed by atoms with E-state index in [9.17, 15) is 9.59 Å². The fourth-order valence-corrected chi connectivity index (χ4v) is 0.879. The maximum Gasteiger partial charge on any atom is 0.262 e. The van der Waals surface area contributed by atoms with E-state index in [0.29, 0.717) is 0 Å². The molecule has 0 aromatic rings. The van der Waals surface area contributed by atoms with Gasteiger partial charge in [0.1, 0.15) is 6.10 Å². The van der Waals surface area contributed by atoms with E-state index in [1.165, 1.54) is 6.08 Å². The van der Waals surface area contributed by atoms with Crippen molar-refractivity contribution in [1.29, 1.82) is 0 Å². The summed E-state index contributed by atoms with van der Waals surface area (Å²) in [4.78, 5) is 21.9. The van der Waals surface area contributed by atoms with Crippen LogP contribution in [0, 0.1) is 6.92 Å². The average molecular weight is 201 g/mol. The van der Waals surface area contributed by atoms with Crippen LogP contribution in [-0.4, -0.2) is 35.2 Å². The summed E-state index contributed by atoms with van der Waals surface area (Å²) in [5, 5.41) is 9.16. The summed E-state index contributed by atoms with van der Waals surface area (Å²) in [6.07, 6.45) is -0.388. The zero-order chi connectivity index (χ0) is 11.4. The molecule has 0 aliphatic carbocycles. The smallest absolute Gasteiger partial charge is 0.262 e. The summed E-state index contributed by atoms with van der Waals surface area (Å²) in [5.74, 6) is -2.37. The SMILES string of the molecule is [CH2]C(O)C(OCC=C)(C(N)=O)C(N)=O. The molecule has 5 N–H and O–H groups in total. The lowest BCUT2D eigenvalue weighted by molar-refractivity contribution is -0.166. The quantitative estimate of drug-likeness (QED) is 0.343. The first-order valence-electron chi connectivity index (χ1n) is 3.75. The van der Waals surface area contributed by atoms with E-state index in [1.807, 2.05) is 0 Å². The number of aliphatic hydroxyl groups excluding tert-OH is 1. The minimum Gasteiger partial charge on any atom is -0.389 e. The van der Waals surface area contributed by atoms with Gasteiger partial charge in [-0.3, -0.25) is 9.59 Å². The molecule has 0 aromatic heterocycles. The second-order valence-corrected chi connectivity index (χ2v) is 2.58. The van der Waals surface area contributed by atoms with Crippen molar-refractivity contribution >= 4 is 11.8 Å². The Hall–Kier alpha value is -1.40. The van der Waals surface area contributed by atoms with Gasteiger partial charge < -0.3 is 21.3 Å². The third kappa shape index (κ3) is 2.09. The summed E-state index contributed by atoms with van der Waals surface area (Å²) >= 11 is 0. The Morgan fingerprint density at radius 1 is 1.50 bits per heavy atom. The first-order valence-corrected chi connectivity index (χ1v) is 3.75. The molecule has 0 bridgehead atoms. The molecule has 0 spiro atoms. The van der Waals surface area contributed by atoms with Gasteiger partial charge in [-0.1, -0.05) is 6.08 Å². The molecular weight excluding hydrogens is 188 g/mol. The number of nitrogens with two attached hydrogens (primary N) is 2. The lowest BCUT2D eigenvalue weighted by atomic mass is 9.96. The minimum absolute atomic E-state index is 0.154. The number of rotatable bonds is 6. The highest BCUT2D eigenvalue weighted by Crippen LogP contribution is 2.15. The summed E-state index contributed by atoms with van der Waals surface area (Å²) < 4.78 is 4.78. The van der Waals surface area contributed by atoms with Gasteiger partial charge in [-0.25, -0.2) is 0 Å². The van der Waals surface area contributed by atoms with Crippen molar-refractivity contribution in [2.45, 2.75) is 11.7 Å². The molecule has 0 rings (SSSR count).